The Morgan fingerprint density at radius 1 is 0.767 bits per heavy atom. The first-order valence-corrected chi connectivity index (χ1v) is 18.8. The Morgan fingerprint density at radius 3 is 1.98 bits per heavy atom. The van der Waals surface area contributed by atoms with E-state index in [9.17, 15) is 18.9 Å². The van der Waals surface area contributed by atoms with Crippen LogP contribution in [0.25, 0.3) is 11.2 Å². The maximum atomic E-state index is 12.2. The van der Waals surface area contributed by atoms with Crippen LogP contribution in [-0.4, -0.2) is 62.1 Å². The van der Waals surface area contributed by atoms with E-state index in [0.29, 0.717) is 30.8 Å². The second-order valence-electron chi connectivity index (χ2n) is 10.7. The van der Waals surface area contributed by atoms with E-state index < -0.39 is 21.8 Å². The Morgan fingerprint density at radius 2 is 1.35 bits per heavy atom. The first-order chi connectivity index (χ1) is 20.6. The summed E-state index contributed by atoms with van der Waals surface area (Å²) in [5.74, 6) is 0.113. The van der Waals surface area contributed by atoms with E-state index in [2.05, 4.69) is 26.2 Å². The van der Waals surface area contributed by atoms with Gasteiger partial charge in [-0.25, -0.2) is 13.9 Å². The number of hydrogen-bond donors (Lipinski definition) is 4. The third-order valence-electron chi connectivity index (χ3n) is 6.80. The molecule has 0 spiro atoms. The maximum absolute atomic E-state index is 12.2. The number of phosphoric acid groups is 1. The molecular formula is C27H52N6O8P2. The molecule has 6 N–H and O–H groups in total. The summed E-state index contributed by atoms with van der Waals surface area (Å²) in [5.41, 5.74) is 12.1. The van der Waals surface area contributed by atoms with Gasteiger partial charge in [0.1, 0.15) is 11.9 Å². The van der Waals surface area contributed by atoms with Crippen LogP contribution in [0.4, 0.5) is 11.8 Å². The molecule has 0 aliphatic heterocycles. The van der Waals surface area contributed by atoms with Gasteiger partial charge in [-0.1, -0.05) is 90.4 Å². The van der Waals surface area contributed by atoms with Crippen molar-refractivity contribution in [2.75, 3.05) is 44.2 Å². The fraction of sp³-hybridized carbons (Fsp3) is 0.815. The van der Waals surface area contributed by atoms with Crippen molar-refractivity contribution < 1.29 is 37.2 Å². The number of anilines is 2. The van der Waals surface area contributed by atoms with Crippen molar-refractivity contribution in [2.45, 2.75) is 110 Å². The Balaban J connectivity index is 1.43. The molecular weight excluding hydrogens is 598 g/mol. The first kappa shape index (κ1) is 37.6. The number of unbranched alkanes of at least 4 members (excludes halogenated alkanes) is 13. The molecule has 248 valence electrons. The van der Waals surface area contributed by atoms with Gasteiger partial charge in [0.05, 0.1) is 19.5 Å². The number of phosphoric ester groups is 1. The van der Waals surface area contributed by atoms with Crippen LogP contribution in [0.5, 0.6) is 0 Å². The van der Waals surface area contributed by atoms with E-state index in [4.69, 9.17) is 25.5 Å². The number of imidazole rings is 1. The van der Waals surface area contributed by atoms with Gasteiger partial charge in [0, 0.05) is 19.8 Å². The summed E-state index contributed by atoms with van der Waals surface area (Å²) in [6.07, 6.45) is 19.1. The summed E-state index contributed by atoms with van der Waals surface area (Å²) in [5, 5.41) is 0. The first-order valence-electron chi connectivity index (χ1n) is 15.5. The molecule has 0 aliphatic carbocycles. The average molecular weight is 651 g/mol. The quantitative estimate of drug-likeness (QED) is 0.0631. The highest BCUT2D eigenvalue weighted by Gasteiger charge is 2.33. The highest BCUT2D eigenvalue weighted by Crippen LogP contribution is 2.59. The molecule has 2 aromatic rings. The van der Waals surface area contributed by atoms with Gasteiger partial charge in [-0.15, -0.1) is 0 Å². The summed E-state index contributed by atoms with van der Waals surface area (Å²) in [4.78, 5) is 31.7. The molecule has 0 aliphatic rings. The number of nitrogens with zero attached hydrogens (tertiary/aromatic N) is 4. The summed E-state index contributed by atoms with van der Waals surface area (Å²) in [6.45, 7) is 3.22. The molecule has 0 radical (unpaired) electrons. The number of hydrogen-bond acceptors (Lipinski definition) is 11. The van der Waals surface area contributed by atoms with Crippen LogP contribution in [0.2, 0.25) is 0 Å². The summed E-state index contributed by atoms with van der Waals surface area (Å²) < 4.78 is 45.8. The van der Waals surface area contributed by atoms with Crippen molar-refractivity contribution in [1.82, 2.24) is 19.5 Å². The number of nitrogens with two attached hydrogens (primary N) is 2. The average Bonchev–Trinajstić information content (AvgIpc) is 3.34. The highest BCUT2D eigenvalue weighted by molar-refractivity contribution is 7.63. The van der Waals surface area contributed by atoms with Gasteiger partial charge >= 0.3 is 15.4 Å². The molecule has 2 atom stereocenters. The number of ether oxygens (including phenoxy) is 2. The Bertz CT molecular complexity index is 1140. The van der Waals surface area contributed by atoms with Crippen LogP contribution in [0.1, 0.15) is 103 Å². The molecule has 2 rings (SSSR count). The summed E-state index contributed by atoms with van der Waals surface area (Å²) >= 11 is 0. The van der Waals surface area contributed by atoms with E-state index in [1.807, 2.05) is 0 Å². The normalized spacial score (nSPS) is 14.7. The third-order valence-corrected chi connectivity index (χ3v) is 9.66. The van der Waals surface area contributed by atoms with Gasteiger partial charge in [-0.05, 0) is 12.8 Å². The van der Waals surface area contributed by atoms with Crippen molar-refractivity contribution in [3.05, 3.63) is 6.33 Å². The molecule has 2 aromatic heterocycles. The fourth-order valence-corrected chi connectivity index (χ4v) is 6.93. The number of rotatable bonds is 27. The molecule has 2 heterocycles. The molecule has 0 fully saturated rings. The topological polar surface area (TPSA) is 207 Å². The lowest BCUT2D eigenvalue weighted by Crippen LogP contribution is -2.09. The SMILES string of the molecule is CCCCCCCCCCCCCCCCOCCCOP(=O)(O)OP(=O)(O)COCCn1cnc2c(N)nc(N)nc21. The zero-order valence-corrected chi connectivity index (χ0v) is 27.4. The number of nitrogen functional groups attached to an aromatic ring is 2. The van der Waals surface area contributed by atoms with Crippen molar-refractivity contribution in [3.8, 4) is 0 Å². The van der Waals surface area contributed by atoms with Gasteiger partial charge in [0.15, 0.2) is 11.5 Å². The minimum Gasteiger partial charge on any atom is -0.382 e. The standard InChI is InChI=1S/C27H52N6O8P2/c1-2-3-4-5-6-7-8-9-10-11-12-13-14-15-18-38-19-16-20-40-43(36,37)41-42(34,35)23-39-21-17-33-22-30-24-25(28)31-27(29)32-26(24)33/h22H,2-21,23H2,1H3,(H,34,35)(H,36,37)(H4,28,29,31,32). The molecule has 14 nitrogen and oxygen atoms in total. The third kappa shape index (κ3) is 16.9. The monoisotopic (exact) mass is 650 g/mol. The Labute approximate surface area is 255 Å². The maximum Gasteiger partial charge on any atom is 0.479 e. The predicted octanol–water partition coefficient (Wildman–Crippen LogP) is 6.17. The zero-order chi connectivity index (χ0) is 31.4. The van der Waals surface area contributed by atoms with Gasteiger partial charge in [0.2, 0.25) is 5.95 Å². The van der Waals surface area contributed by atoms with Crippen LogP contribution in [0.15, 0.2) is 6.33 Å². The largest absolute Gasteiger partial charge is 0.479 e. The van der Waals surface area contributed by atoms with Crippen molar-refractivity contribution in [1.29, 1.82) is 0 Å². The van der Waals surface area contributed by atoms with Crippen LogP contribution in [0, 0.1) is 0 Å². The molecule has 0 bridgehead atoms. The predicted molar refractivity (Wildman–Crippen MR) is 167 cm³/mol. The lowest BCUT2D eigenvalue weighted by Gasteiger charge is -2.16. The van der Waals surface area contributed by atoms with Crippen molar-refractivity contribution in [2.24, 2.45) is 0 Å². The lowest BCUT2D eigenvalue weighted by molar-refractivity contribution is 0.107. The Kier molecular flexibility index (Phi) is 18.5. The molecule has 16 heteroatoms. The zero-order valence-electron chi connectivity index (χ0n) is 25.6. The molecule has 0 saturated carbocycles. The molecule has 2 unspecified atom stereocenters. The van der Waals surface area contributed by atoms with Gasteiger partial charge in [0.25, 0.3) is 0 Å². The van der Waals surface area contributed by atoms with E-state index in [1.54, 1.807) is 4.57 Å². The van der Waals surface area contributed by atoms with Crippen LogP contribution < -0.4 is 11.5 Å². The van der Waals surface area contributed by atoms with Crippen molar-refractivity contribution in [3.63, 3.8) is 0 Å². The van der Waals surface area contributed by atoms with E-state index in [-0.39, 0.29) is 31.5 Å². The second-order valence-corrected chi connectivity index (χ2v) is 14.1. The van der Waals surface area contributed by atoms with E-state index in [1.165, 1.54) is 83.4 Å². The molecule has 0 amide bonds. The molecule has 0 aromatic carbocycles. The van der Waals surface area contributed by atoms with E-state index >= 15 is 0 Å². The number of fused-ring (bicyclic) bond motifs is 1. The van der Waals surface area contributed by atoms with Crippen LogP contribution in [-0.2, 0) is 34.0 Å². The smallest absolute Gasteiger partial charge is 0.382 e. The van der Waals surface area contributed by atoms with Crippen molar-refractivity contribution >= 4 is 38.3 Å². The molecule has 43 heavy (non-hydrogen) atoms. The highest BCUT2D eigenvalue weighted by atomic mass is 31.3. The van der Waals surface area contributed by atoms with Crippen LogP contribution >= 0.6 is 15.4 Å². The van der Waals surface area contributed by atoms with Gasteiger partial charge in [-0.3, -0.25) is 9.09 Å². The lowest BCUT2D eigenvalue weighted by atomic mass is 10.0. The minimum atomic E-state index is -4.76. The van der Waals surface area contributed by atoms with Gasteiger partial charge in [-0.2, -0.15) is 9.97 Å². The van der Waals surface area contributed by atoms with Crippen LogP contribution in [0.3, 0.4) is 0 Å². The molecule has 0 saturated heterocycles. The summed E-state index contributed by atoms with van der Waals surface area (Å²) in [7, 11) is -9.32. The second kappa shape index (κ2) is 21.2. The fourth-order valence-electron chi connectivity index (χ4n) is 4.54. The Hall–Kier alpha value is -1.63. The number of aromatic nitrogens is 4. The van der Waals surface area contributed by atoms with Gasteiger partial charge < -0.3 is 35.3 Å². The minimum absolute atomic E-state index is 0.0174. The van der Waals surface area contributed by atoms with E-state index in [0.717, 1.165) is 12.8 Å². The summed E-state index contributed by atoms with van der Waals surface area (Å²) in [6, 6.07) is 0.